The zero-order valence-corrected chi connectivity index (χ0v) is 19.5. The number of nitrogens with zero attached hydrogens (tertiary/aromatic N) is 5. The Morgan fingerprint density at radius 1 is 1.25 bits per heavy atom. The standard InChI is InChI=1S/C23H25N7O6/c1-35-19-5-2-15-23(28-19)29(21(34)10-25-15)7-6-14(31)9-24-13-8-20(33)30(11-13)17-4-3-16-22(26-17)27-18(32)12-36-16/h2-5,10,13-14,24,31H,6-9,11-12H2,1H3,(H,26,27,32)/t13-,14-/m1/s1. The number of aliphatic hydroxyl groups excluding tert-OH is 1. The normalized spacial score (nSPS) is 18.1. The smallest absolute Gasteiger partial charge is 0.270 e. The number of carbonyl (C=O) groups is 2. The Labute approximate surface area is 205 Å². The highest BCUT2D eigenvalue weighted by Gasteiger charge is 2.32. The van der Waals surface area contributed by atoms with Gasteiger partial charge in [0.25, 0.3) is 11.5 Å². The number of aliphatic hydroxyl groups is 1. The van der Waals surface area contributed by atoms with Crippen LogP contribution in [0.3, 0.4) is 0 Å². The van der Waals surface area contributed by atoms with Crippen molar-refractivity contribution in [1.29, 1.82) is 0 Å². The van der Waals surface area contributed by atoms with Crippen LogP contribution in [0.2, 0.25) is 0 Å². The van der Waals surface area contributed by atoms with E-state index in [1.165, 1.54) is 22.8 Å². The molecule has 2 atom stereocenters. The molecular formula is C23H25N7O6. The van der Waals surface area contributed by atoms with Crippen LogP contribution in [0.1, 0.15) is 12.8 Å². The minimum absolute atomic E-state index is 0.0677. The Morgan fingerprint density at radius 3 is 2.94 bits per heavy atom. The molecule has 5 heterocycles. The number of carbonyl (C=O) groups excluding carboxylic acids is 2. The molecule has 0 bridgehead atoms. The number of aryl methyl sites for hydroxylation is 1. The zero-order chi connectivity index (χ0) is 25.2. The van der Waals surface area contributed by atoms with E-state index in [1.54, 1.807) is 24.3 Å². The van der Waals surface area contributed by atoms with Crippen molar-refractivity contribution in [3.05, 3.63) is 40.8 Å². The molecule has 13 heteroatoms. The van der Waals surface area contributed by atoms with Gasteiger partial charge in [-0.1, -0.05) is 0 Å². The number of hydrogen-bond donors (Lipinski definition) is 3. The van der Waals surface area contributed by atoms with Crippen LogP contribution < -0.4 is 30.6 Å². The molecule has 36 heavy (non-hydrogen) atoms. The van der Waals surface area contributed by atoms with Crippen LogP contribution in [0.5, 0.6) is 11.6 Å². The van der Waals surface area contributed by atoms with E-state index < -0.39 is 6.10 Å². The van der Waals surface area contributed by atoms with Gasteiger partial charge in [-0.15, -0.1) is 0 Å². The molecule has 2 aliphatic rings. The molecular weight excluding hydrogens is 470 g/mol. The number of methoxy groups -OCH3 is 1. The highest BCUT2D eigenvalue weighted by atomic mass is 16.5. The lowest BCUT2D eigenvalue weighted by molar-refractivity contribution is -0.118. The molecule has 0 radical (unpaired) electrons. The molecule has 2 amide bonds. The Morgan fingerprint density at radius 2 is 2.11 bits per heavy atom. The van der Waals surface area contributed by atoms with Gasteiger partial charge >= 0.3 is 0 Å². The topological polar surface area (TPSA) is 161 Å². The van der Waals surface area contributed by atoms with Gasteiger partial charge in [0.15, 0.2) is 23.8 Å². The van der Waals surface area contributed by atoms with Crippen molar-refractivity contribution in [2.45, 2.75) is 31.5 Å². The van der Waals surface area contributed by atoms with Crippen LogP contribution in [0.15, 0.2) is 35.3 Å². The lowest BCUT2D eigenvalue weighted by Gasteiger charge is -2.21. The summed E-state index contributed by atoms with van der Waals surface area (Å²) in [7, 11) is 1.49. The third kappa shape index (κ3) is 4.83. The number of nitrogens with one attached hydrogen (secondary N) is 2. The van der Waals surface area contributed by atoms with Gasteiger partial charge in [0.2, 0.25) is 11.8 Å². The van der Waals surface area contributed by atoms with Gasteiger partial charge in [-0.05, 0) is 24.6 Å². The monoisotopic (exact) mass is 495 g/mol. The summed E-state index contributed by atoms with van der Waals surface area (Å²) in [5.74, 6) is 1.11. The van der Waals surface area contributed by atoms with Crippen LogP contribution >= 0.6 is 0 Å². The van der Waals surface area contributed by atoms with Crippen LogP contribution in [-0.4, -0.2) is 75.4 Å². The second-order valence-corrected chi connectivity index (χ2v) is 8.55. The average Bonchev–Trinajstić information content (AvgIpc) is 3.26. The van der Waals surface area contributed by atoms with E-state index in [1.807, 2.05) is 0 Å². The summed E-state index contributed by atoms with van der Waals surface area (Å²) in [4.78, 5) is 50.8. The fourth-order valence-electron chi connectivity index (χ4n) is 4.20. The summed E-state index contributed by atoms with van der Waals surface area (Å²) in [6, 6.07) is 6.54. The molecule has 0 aromatic carbocycles. The number of hydrogen-bond acceptors (Lipinski definition) is 10. The highest BCUT2D eigenvalue weighted by Crippen LogP contribution is 2.30. The van der Waals surface area contributed by atoms with Gasteiger partial charge in [0, 0.05) is 38.2 Å². The van der Waals surface area contributed by atoms with Crippen LogP contribution in [0.25, 0.3) is 11.2 Å². The average molecular weight is 495 g/mol. The molecule has 3 aromatic rings. The maximum Gasteiger partial charge on any atom is 0.270 e. The molecule has 188 valence electrons. The number of rotatable bonds is 8. The maximum absolute atomic E-state index is 12.6. The van der Waals surface area contributed by atoms with E-state index in [0.717, 1.165) is 0 Å². The summed E-state index contributed by atoms with van der Waals surface area (Å²) in [5.41, 5.74) is 0.618. The van der Waals surface area contributed by atoms with Gasteiger partial charge in [-0.25, -0.2) is 9.97 Å². The summed E-state index contributed by atoms with van der Waals surface area (Å²) in [6.45, 7) is 0.775. The number of fused-ring (bicyclic) bond motifs is 2. The first kappa shape index (κ1) is 23.6. The van der Waals surface area contributed by atoms with Crippen molar-refractivity contribution >= 4 is 34.6 Å². The Hall–Kier alpha value is -4.10. The molecule has 13 nitrogen and oxygen atoms in total. The van der Waals surface area contributed by atoms with Gasteiger partial charge in [-0.2, -0.15) is 4.98 Å². The molecule has 5 rings (SSSR count). The van der Waals surface area contributed by atoms with Crippen molar-refractivity contribution in [2.75, 3.05) is 37.0 Å². The summed E-state index contributed by atoms with van der Waals surface area (Å²) in [6.07, 6.45) is 1.00. The second kappa shape index (κ2) is 9.87. The Bertz CT molecular complexity index is 1380. The van der Waals surface area contributed by atoms with Crippen molar-refractivity contribution in [3.8, 4) is 11.6 Å². The van der Waals surface area contributed by atoms with Gasteiger partial charge < -0.3 is 25.2 Å². The van der Waals surface area contributed by atoms with E-state index in [4.69, 9.17) is 9.47 Å². The molecule has 0 unspecified atom stereocenters. The van der Waals surface area contributed by atoms with Gasteiger partial charge in [0.05, 0.1) is 19.4 Å². The predicted octanol–water partition coefficient (Wildman–Crippen LogP) is -0.328. The van der Waals surface area contributed by atoms with Crippen LogP contribution in [0.4, 0.5) is 11.6 Å². The Balaban J connectivity index is 1.18. The molecule has 3 N–H and O–H groups in total. The highest BCUT2D eigenvalue weighted by molar-refractivity contribution is 5.97. The number of anilines is 2. The fourth-order valence-corrected chi connectivity index (χ4v) is 4.20. The predicted molar refractivity (Wildman–Crippen MR) is 128 cm³/mol. The molecule has 3 aromatic heterocycles. The first-order valence-electron chi connectivity index (χ1n) is 11.5. The molecule has 1 fully saturated rings. The number of ether oxygens (including phenoxy) is 2. The van der Waals surface area contributed by atoms with E-state index in [0.29, 0.717) is 41.6 Å². The fraction of sp³-hybridized carbons (Fsp3) is 0.391. The van der Waals surface area contributed by atoms with Crippen molar-refractivity contribution < 1.29 is 24.2 Å². The van der Waals surface area contributed by atoms with Crippen molar-refractivity contribution in [1.82, 2.24) is 24.8 Å². The largest absolute Gasteiger partial charge is 0.481 e. The number of aromatic nitrogens is 4. The maximum atomic E-state index is 12.6. The molecule has 0 saturated carbocycles. The first-order valence-corrected chi connectivity index (χ1v) is 11.5. The molecule has 2 aliphatic heterocycles. The SMILES string of the molecule is COc1ccc2ncc(=O)n(CC[C@@H](O)CN[C@@H]3CC(=O)N(c4ccc5c(n4)NC(=O)CO5)C3)c2n1. The van der Waals surface area contributed by atoms with Crippen LogP contribution in [0, 0.1) is 0 Å². The summed E-state index contributed by atoms with van der Waals surface area (Å²) < 4.78 is 11.9. The Kier molecular flexibility index (Phi) is 6.48. The van der Waals surface area contributed by atoms with Crippen molar-refractivity contribution in [2.24, 2.45) is 0 Å². The molecule has 0 aliphatic carbocycles. The minimum atomic E-state index is -0.760. The third-order valence-electron chi connectivity index (χ3n) is 6.06. The first-order chi connectivity index (χ1) is 17.4. The minimum Gasteiger partial charge on any atom is -0.481 e. The molecule has 0 spiro atoms. The van der Waals surface area contributed by atoms with Crippen molar-refractivity contribution in [3.63, 3.8) is 0 Å². The lowest BCUT2D eigenvalue weighted by atomic mass is 10.2. The third-order valence-corrected chi connectivity index (χ3v) is 6.06. The second-order valence-electron chi connectivity index (χ2n) is 8.55. The van der Waals surface area contributed by atoms with Gasteiger partial charge in [-0.3, -0.25) is 23.9 Å². The van der Waals surface area contributed by atoms with Gasteiger partial charge in [0.1, 0.15) is 11.3 Å². The summed E-state index contributed by atoms with van der Waals surface area (Å²) >= 11 is 0. The zero-order valence-electron chi connectivity index (χ0n) is 19.5. The summed E-state index contributed by atoms with van der Waals surface area (Å²) in [5, 5.41) is 16.4. The number of amides is 2. The quantitative estimate of drug-likeness (QED) is 0.377. The van der Waals surface area contributed by atoms with E-state index in [2.05, 4.69) is 25.6 Å². The van der Waals surface area contributed by atoms with E-state index in [-0.39, 0.29) is 55.4 Å². The van der Waals surface area contributed by atoms with Crippen LogP contribution in [-0.2, 0) is 16.1 Å². The lowest BCUT2D eigenvalue weighted by Crippen LogP contribution is -2.38. The van der Waals surface area contributed by atoms with E-state index in [9.17, 15) is 19.5 Å². The number of pyridine rings is 2. The molecule has 1 saturated heterocycles. The van der Waals surface area contributed by atoms with E-state index >= 15 is 0 Å².